The third kappa shape index (κ3) is 3.63. The number of ketones is 1. The Hall–Kier alpha value is -2.57. The summed E-state index contributed by atoms with van der Waals surface area (Å²) in [6.07, 6.45) is -0.303. The van der Waals surface area contributed by atoms with Crippen LogP contribution in [0, 0.1) is 0 Å². The number of carbonyl (C=O) groups excluding carboxylic acids is 2. The summed E-state index contributed by atoms with van der Waals surface area (Å²) in [4.78, 5) is 25.9. The Morgan fingerprint density at radius 1 is 1.22 bits per heavy atom. The molecule has 1 amide bonds. The van der Waals surface area contributed by atoms with Crippen molar-refractivity contribution >= 4 is 29.0 Å². The summed E-state index contributed by atoms with van der Waals surface area (Å²) in [7, 11) is 1.55. The van der Waals surface area contributed by atoms with Crippen LogP contribution in [0.2, 0.25) is 5.02 Å². The molecule has 142 valence electrons. The number of hydrogen-bond acceptors (Lipinski definition) is 5. The Morgan fingerprint density at radius 2 is 1.93 bits per heavy atom. The molecule has 1 N–H and O–H groups in total. The molecule has 1 heterocycles. The van der Waals surface area contributed by atoms with Crippen LogP contribution in [0.5, 0.6) is 11.5 Å². The van der Waals surface area contributed by atoms with Gasteiger partial charge in [0.15, 0.2) is 17.1 Å². The van der Waals surface area contributed by atoms with Crippen LogP contribution >= 0.6 is 11.6 Å². The fourth-order valence-electron chi connectivity index (χ4n) is 3.26. The van der Waals surface area contributed by atoms with Crippen molar-refractivity contribution in [2.45, 2.75) is 18.9 Å². The highest BCUT2D eigenvalue weighted by Crippen LogP contribution is 2.43. The number of Topliss-reactive ketones (excluding diaryl/α,β-unsaturated/α-hetero) is 1. The number of para-hydroxylation sites is 2. The van der Waals surface area contributed by atoms with Crippen molar-refractivity contribution < 1.29 is 24.2 Å². The molecule has 0 saturated carbocycles. The van der Waals surface area contributed by atoms with Crippen molar-refractivity contribution in [3.05, 3.63) is 53.1 Å². The van der Waals surface area contributed by atoms with E-state index >= 15 is 0 Å². The van der Waals surface area contributed by atoms with Crippen LogP contribution in [0.25, 0.3) is 0 Å². The zero-order valence-corrected chi connectivity index (χ0v) is 15.8. The summed E-state index contributed by atoms with van der Waals surface area (Å²) < 4.78 is 11.0. The van der Waals surface area contributed by atoms with E-state index in [0.29, 0.717) is 27.8 Å². The third-order valence-electron chi connectivity index (χ3n) is 4.44. The van der Waals surface area contributed by atoms with Crippen molar-refractivity contribution in [1.29, 1.82) is 0 Å². The second-order valence-corrected chi connectivity index (χ2v) is 6.79. The lowest BCUT2D eigenvalue weighted by Crippen LogP contribution is -2.43. The average Bonchev–Trinajstić information content (AvgIpc) is 2.83. The van der Waals surface area contributed by atoms with Crippen LogP contribution in [0.1, 0.15) is 18.9 Å². The molecule has 7 heteroatoms. The van der Waals surface area contributed by atoms with Gasteiger partial charge < -0.3 is 19.5 Å². The molecule has 0 radical (unpaired) electrons. The number of methoxy groups -OCH3 is 1. The molecule has 27 heavy (non-hydrogen) atoms. The number of rotatable bonds is 7. The minimum atomic E-state index is -1.91. The smallest absolute Gasteiger partial charge is 0.264 e. The first-order chi connectivity index (χ1) is 12.9. The number of amides is 1. The van der Waals surface area contributed by atoms with Crippen LogP contribution in [-0.2, 0) is 15.2 Å². The SMILES string of the molecule is COc1ccccc1OCCN1C(=O)[C@](O)(CC(C)=O)c2cc(Cl)ccc21. The van der Waals surface area contributed by atoms with Crippen molar-refractivity contribution in [3.63, 3.8) is 0 Å². The van der Waals surface area contributed by atoms with Crippen LogP contribution in [-0.4, -0.2) is 37.1 Å². The number of benzene rings is 2. The van der Waals surface area contributed by atoms with E-state index in [1.54, 1.807) is 31.4 Å². The second kappa shape index (κ2) is 7.58. The molecule has 0 spiro atoms. The minimum absolute atomic E-state index is 0.185. The molecule has 0 fully saturated rings. The van der Waals surface area contributed by atoms with E-state index in [2.05, 4.69) is 0 Å². The highest BCUT2D eigenvalue weighted by Gasteiger charge is 2.50. The number of nitrogens with zero attached hydrogens (tertiary/aromatic N) is 1. The van der Waals surface area contributed by atoms with Crippen LogP contribution in [0.4, 0.5) is 5.69 Å². The van der Waals surface area contributed by atoms with Gasteiger partial charge in [0.2, 0.25) is 0 Å². The summed E-state index contributed by atoms with van der Waals surface area (Å²) in [5, 5.41) is 11.3. The van der Waals surface area contributed by atoms with Gasteiger partial charge in [-0.2, -0.15) is 0 Å². The van der Waals surface area contributed by atoms with E-state index in [0.717, 1.165) is 0 Å². The molecule has 0 aromatic heterocycles. The first-order valence-electron chi connectivity index (χ1n) is 8.46. The van der Waals surface area contributed by atoms with Crippen molar-refractivity contribution in [2.75, 3.05) is 25.2 Å². The highest BCUT2D eigenvalue weighted by atomic mass is 35.5. The average molecular weight is 390 g/mol. The summed E-state index contributed by atoms with van der Waals surface area (Å²) in [6.45, 7) is 1.72. The molecule has 2 aromatic carbocycles. The minimum Gasteiger partial charge on any atom is -0.493 e. The lowest BCUT2D eigenvalue weighted by molar-refractivity contribution is -0.141. The quantitative estimate of drug-likeness (QED) is 0.787. The van der Waals surface area contributed by atoms with E-state index in [1.807, 2.05) is 12.1 Å². The summed E-state index contributed by atoms with van der Waals surface area (Å²) in [5.74, 6) is 0.301. The number of anilines is 1. The summed E-state index contributed by atoms with van der Waals surface area (Å²) in [5.41, 5.74) is -1.04. The van der Waals surface area contributed by atoms with Gasteiger partial charge in [0, 0.05) is 17.0 Å². The summed E-state index contributed by atoms with van der Waals surface area (Å²) in [6, 6.07) is 12.0. The van der Waals surface area contributed by atoms with E-state index in [9.17, 15) is 14.7 Å². The lowest BCUT2D eigenvalue weighted by Gasteiger charge is -2.22. The Balaban J connectivity index is 1.82. The number of fused-ring (bicyclic) bond motifs is 1. The third-order valence-corrected chi connectivity index (χ3v) is 4.68. The number of hydrogen-bond donors (Lipinski definition) is 1. The van der Waals surface area contributed by atoms with Crippen molar-refractivity contribution in [1.82, 2.24) is 0 Å². The fraction of sp³-hybridized carbons (Fsp3) is 0.300. The predicted molar refractivity (Wildman–Crippen MR) is 101 cm³/mol. The van der Waals surface area contributed by atoms with Crippen LogP contribution < -0.4 is 14.4 Å². The van der Waals surface area contributed by atoms with E-state index < -0.39 is 11.5 Å². The van der Waals surface area contributed by atoms with Gasteiger partial charge in [-0.05, 0) is 37.3 Å². The predicted octanol–water partition coefficient (Wildman–Crippen LogP) is 2.94. The molecule has 1 aliphatic rings. The maximum absolute atomic E-state index is 12.9. The van der Waals surface area contributed by atoms with Gasteiger partial charge in [0.1, 0.15) is 12.4 Å². The van der Waals surface area contributed by atoms with Gasteiger partial charge in [-0.15, -0.1) is 0 Å². The Morgan fingerprint density at radius 3 is 2.59 bits per heavy atom. The Kier molecular flexibility index (Phi) is 5.39. The Labute approximate surface area is 162 Å². The topological polar surface area (TPSA) is 76.1 Å². The van der Waals surface area contributed by atoms with Crippen LogP contribution in [0.15, 0.2) is 42.5 Å². The molecule has 0 aliphatic carbocycles. The number of aliphatic hydroxyl groups is 1. The molecule has 0 unspecified atom stereocenters. The number of ether oxygens (including phenoxy) is 2. The Bertz CT molecular complexity index is 884. The van der Waals surface area contributed by atoms with Crippen LogP contribution in [0.3, 0.4) is 0 Å². The van der Waals surface area contributed by atoms with Gasteiger partial charge in [0.25, 0.3) is 5.91 Å². The molecule has 3 rings (SSSR count). The monoisotopic (exact) mass is 389 g/mol. The van der Waals surface area contributed by atoms with Gasteiger partial charge in [0.05, 0.1) is 19.3 Å². The van der Waals surface area contributed by atoms with Gasteiger partial charge in [-0.1, -0.05) is 23.7 Å². The second-order valence-electron chi connectivity index (χ2n) is 6.36. The maximum atomic E-state index is 12.9. The van der Waals surface area contributed by atoms with Crippen molar-refractivity contribution in [3.8, 4) is 11.5 Å². The van der Waals surface area contributed by atoms with Gasteiger partial charge in [-0.25, -0.2) is 0 Å². The van der Waals surface area contributed by atoms with Crippen molar-refractivity contribution in [2.24, 2.45) is 0 Å². The first kappa shape index (κ1) is 19.2. The molecule has 1 atom stereocenters. The van der Waals surface area contributed by atoms with E-state index in [4.69, 9.17) is 21.1 Å². The molecule has 0 saturated heterocycles. The molecular formula is C20H20ClNO5. The largest absolute Gasteiger partial charge is 0.493 e. The highest BCUT2D eigenvalue weighted by molar-refractivity contribution is 6.31. The number of halogens is 1. The fourth-order valence-corrected chi connectivity index (χ4v) is 3.43. The van der Waals surface area contributed by atoms with E-state index in [-0.39, 0.29) is 25.4 Å². The van der Waals surface area contributed by atoms with Gasteiger partial charge >= 0.3 is 0 Å². The zero-order valence-electron chi connectivity index (χ0n) is 15.1. The molecule has 2 aromatic rings. The molecule has 1 aliphatic heterocycles. The molecule has 6 nitrogen and oxygen atoms in total. The normalized spacial score (nSPS) is 18.4. The summed E-state index contributed by atoms with van der Waals surface area (Å²) >= 11 is 6.04. The zero-order chi connectivity index (χ0) is 19.6. The molecule has 0 bridgehead atoms. The maximum Gasteiger partial charge on any atom is 0.264 e. The molecular weight excluding hydrogens is 370 g/mol. The van der Waals surface area contributed by atoms with E-state index in [1.165, 1.54) is 17.9 Å². The first-order valence-corrected chi connectivity index (χ1v) is 8.84. The van der Waals surface area contributed by atoms with Gasteiger partial charge in [-0.3, -0.25) is 9.59 Å². The number of carbonyl (C=O) groups is 2. The lowest BCUT2D eigenvalue weighted by atomic mass is 9.90. The standard InChI is InChI=1S/C20H20ClNO5/c1-13(23)12-20(25)15-11-14(21)7-8-16(15)22(19(20)24)9-10-27-18-6-4-3-5-17(18)26-2/h3-8,11,25H,9-10,12H2,1-2H3/t20-/m0/s1.